The molecule has 12 heteroatoms. The van der Waals surface area contributed by atoms with Gasteiger partial charge in [-0.1, -0.05) is 23.7 Å². The molecule has 2 rings (SSSR count). The minimum Gasteiger partial charge on any atom is -0.507 e. The summed E-state index contributed by atoms with van der Waals surface area (Å²) in [4.78, 5) is 29.1. The van der Waals surface area contributed by atoms with Crippen molar-refractivity contribution in [2.75, 3.05) is 20.0 Å². The van der Waals surface area contributed by atoms with Crippen LogP contribution >= 0.6 is 36.0 Å². The van der Waals surface area contributed by atoms with Crippen molar-refractivity contribution in [1.29, 1.82) is 0 Å². The molecule has 1 amide bonds. The maximum atomic E-state index is 12.7. The molecular formula is C17H20ClN3O6S2. The van der Waals surface area contributed by atoms with Crippen LogP contribution in [0.3, 0.4) is 0 Å². The van der Waals surface area contributed by atoms with E-state index in [1.807, 2.05) is 6.92 Å². The van der Waals surface area contributed by atoms with E-state index in [4.69, 9.17) is 25.6 Å². The number of rotatable bonds is 8. The number of phenolic OH excluding ortho intramolecular Hbond substituents is 1. The minimum atomic E-state index is -1.05. The van der Waals surface area contributed by atoms with Gasteiger partial charge >= 0.3 is 5.97 Å². The molecule has 9 nitrogen and oxygen atoms in total. The number of carbonyl (C=O) groups excluding carboxylic acids is 2. The van der Waals surface area contributed by atoms with Crippen LogP contribution in [0.4, 0.5) is 0 Å². The molecule has 0 aliphatic rings. The first-order valence-electron chi connectivity index (χ1n) is 8.32. The number of benzene rings is 1. The molecule has 0 aliphatic heterocycles. The summed E-state index contributed by atoms with van der Waals surface area (Å²) in [5.41, 5.74) is -0.0216. The largest absolute Gasteiger partial charge is 0.507 e. The van der Waals surface area contributed by atoms with Gasteiger partial charge in [-0.05, 0) is 12.7 Å². The Bertz CT molecular complexity index is 908. The SMILES string of the molecule is CCSC(NC(=O)C(S)c1nc(C)no1)c1c(O)cc(OC)c(Cl)c1C(=O)OC. The van der Waals surface area contributed by atoms with Crippen molar-refractivity contribution in [2.45, 2.75) is 24.5 Å². The molecule has 0 saturated carbocycles. The quantitative estimate of drug-likeness (QED) is 0.309. The van der Waals surface area contributed by atoms with Gasteiger partial charge in [0.2, 0.25) is 11.8 Å². The lowest BCUT2D eigenvalue weighted by Gasteiger charge is -2.23. The third kappa shape index (κ3) is 5.09. The van der Waals surface area contributed by atoms with E-state index in [0.717, 1.165) is 0 Å². The molecule has 0 radical (unpaired) electrons. The molecule has 1 heterocycles. The lowest BCUT2D eigenvalue weighted by Crippen LogP contribution is -2.31. The number of carbonyl (C=O) groups is 2. The predicted octanol–water partition coefficient (Wildman–Crippen LogP) is 3.07. The van der Waals surface area contributed by atoms with E-state index < -0.39 is 22.5 Å². The van der Waals surface area contributed by atoms with Gasteiger partial charge in [0.1, 0.15) is 16.9 Å². The standard InChI is InChI=1S/C17H20ClN3O6S2/c1-5-29-16(20-14(23)13(28)15-19-7(2)21-27-15)10-8(22)6-9(25-3)12(18)11(10)17(24)26-4/h6,13,16,22,28H,5H2,1-4H3,(H,20,23). The van der Waals surface area contributed by atoms with E-state index in [0.29, 0.717) is 11.6 Å². The van der Waals surface area contributed by atoms with E-state index in [1.165, 1.54) is 32.0 Å². The van der Waals surface area contributed by atoms with Crippen LogP contribution in [0.2, 0.25) is 5.02 Å². The molecule has 29 heavy (non-hydrogen) atoms. The summed E-state index contributed by atoms with van der Waals surface area (Å²) >= 11 is 11.8. The van der Waals surface area contributed by atoms with Gasteiger partial charge in [0.25, 0.3) is 0 Å². The van der Waals surface area contributed by atoms with Crippen molar-refractivity contribution in [3.8, 4) is 11.5 Å². The van der Waals surface area contributed by atoms with Crippen molar-refractivity contribution in [2.24, 2.45) is 0 Å². The van der Waals surface area contributed by atoms with Gasteiger partial charge in [-0.2, -0.15) is 17.6 Å². The zero-order valence-corrected chi connectivity index (χ0v) is 18.5. The Hall–Kier alpha value is -2.11. The Balaban J connectivity index is 2.47. The summed E-state index contributed by atoms with van der Waals surface area (Å²) in [7, 11) is 2.53. The number of esters is 1. The number of nitrogens with zero attached hydrogens (tertiary/aromatic N) is 2. The van der Waals surface area contributed by atoms with Crippen molar-refractivity contribution in [3.63, 3.8) is 0 Å². The summed E-state index contributed by atoms with van der Waals surface area (Å²) in [5.74, 6) is -0.621. The highest BCUT2D eigenvalue weighted by molar-refractivity contribution is 7.99. The van der Waals surface area contributed by atoms with Crippen LogP contribution in [0.15, 0.2) is 10.6 Å². The molecule has 2 aromatic rings. The molecular weight excluding hydrogens is 442 g/mol. The monoisotopic (exact) mass is 461 g/mol. The smallest absolute Gasteiger partial charge is 0.340 e. The van der Waals surface area contributed by atoms with Crippen molar-refractivity contribution < 1.29 is 28.7 Å². The first-order valence-corrected chi connectivity index (χ1v) is 10.3. The second-order valence-corrected chi connectivity index (χ2v) is 7.89. The predicted molar refractivity (Wildman–Crippen MR) is 111 cm³/mol. The van der Waals surface area contributed by atoms with Gasteiger partial charge < -0.3 is 24.4 Å². The fourth-order valence-corrected chi connectivity index (χ4v) is 3.89. The van der Waals surface area contributed by atoms with Gasteiger partial charge in [0.05, 0.1) is 24.8 Å². The summed E-state index contributed by atoms with van der Waals surface area (Å²) in [6.07, 6.45) is 0. The molecule has 2 atom stereocenters. The highest BCUT2D eigenvalue weighted by Crippen LogP contribution is 2.43. The Labute approximate surface area is 181 Å². The second-order valence-electron chi connectivity index (χ2n) is 5.62. The van der Waals surface area contributed by atoms with Crippen molar-refractivity contribution in [1.82, 2.24) is 15.5 Å². The fourth-order valence-electron chi connectivity index (χ4n) is 2.46. The normalized spacial score (nSPS) is 12.9. The lowest BCUT2D eigenvalue weighted by molar-refractivity contribution is -0.121. The number of amides is 1. The van der Waals surface area contributed by atoms with Crippen LogP contribution in [-0.4, -0.2) is 47.1 Å². The Morgan fingerprint density at radius 3 is 2.66 bits per heavy atom. The number of nitrogens with one attached hydrogen (secondary N) is 1. The average molecular weight is 462 g/mol. The number of thioether (sulfide) groups is 1. The maximum absolute atomic E-state index is 12.7. The van der Waals surface area contributed by atoms with Crippen molar-refractivity contribution in [3.05, 3.63) is 33.9 Å². The summed E-state index contributed by atoms with van der Waals surface area (Å²) in [6, 6.07) is 1.26. The molecule has 2 unspecified atom stereocenters. The first kappa shape index (κ1) is 23.2. The van der Waals surface area contributed by atoms with Gasteiger partial charge in [-0.15, -0.1) is 11.8 Å². The van der Waals surface area contributed by atoms with Gasteiger partial charge in [-0.25, -0.2) is 4.79 Å². The number of halogens is 1. The summed E-state index contributed by atoms with van der Waals surface area (Å²) in [5, 5.41) is 15.0. The molecule has 1 aromatic carbocycles. The third-order valence-corrected chi connectivity index (χ3v) is 5.60. The number of aromatic hydroxyl groups is 1. The van der Waals surface area contributed by atoms with Crippen LogP contribution in [0.25, 0.3) is 0 Å². The van der Waals surface area contributed by atoms with Crippen LogP contribution in [0.5, 0.6) is 11.5 Å². The van der Waals surface area contributed by atoms with Gasteiger partial charge in [-0.3, -0.25) is 4.79 Å². The number of hydrogen-bond acceptors (Lipinski definition) is 10. The number of phenols is 1. The summed E-state index contributed by atoms with van der Waals surface area (Å²) < 4.78 is 14.9. The number of thiol groups is 1. The zero-order chi connectivity index (χ0) is 21.7. The Morgan fingerprint density at radius 1 is 1.45 bits per heavy atom. The number of methoxy groups -OCH3 is 2. The highest BCUT2D eigenvalue weighted by Gasteiger charge is 2.32. The van der Waals surface area contributed by atoms with Crippen molar-refractivity contribution >= 4 is 47.9 Å². The highest BCUT2D eigenvalue weighted by atomic mass is 35.5. The molecule has 0 fully saturated rings. The van der Waals surface area contributed by atoms with E-state index in [-0.39, 0.29) is 33.5 Å². The van der Waals surface area contributed by atoms with E-state index in [9.17, 15) is 14.7 Å². The topological polar surface area (TPSA) is 124 Å². The van der Waals surface area contributed by atoms with Gasteiger partial charge in [0, 0.05) is 11.6 Å². The molecule has 158 valence electrons. The Morgan fingerprint density at radius 2 is 2.14 bits per heavy atom. The number of aryl methyl sites for hydroxylation is 1. The van der Waals surface area contributed by atoms with Crippen LogP contribution < -0.4 is 10.1 Å². The molecule has 0 spiro atoms. The van der Waals surface area contributed by atoms with Crippen LogP contribution in [0.1, 0.15) is 45.2 Å². The number of hydrogen-bond donors (Lipinski definition) is 3. The Kier molecular flexibility index (Phi) is 8.05. The van der Waals surface area contributed by atoms with Crippen LogP contribution in [-0.2, 0) is 9.53 Å². The second kappa shape index (κ2) is 10.1. The van der Waals surface area contributed by atoms with Crippen LogP contribution in [0, 0.1) is 6.92 Å². The third-order valence-electron chi connectivity index (χ3n) is 3.75. The molecule has 0 bridgehead atoms. The average Bonchev–Trinajstić information content (AvgIpc) is 3.13. The van der Waals surface area contributed by atoms with Gasteiger partial charge in [0.15, 0.2) is 11.1 Å². The first-order chi connectivity index (χ1) is 13.7. The van der Waals surface area contributed by atoms with E-state index in [1.54, 1.807) is 6.92 Å². The number of ether oxygens (including phenoxy) is 2. The molecule has 2 N–H and O–H groups in total. The minimum absolute atomic E-state index is 0.0220. The maximum Gasteiger partial charge on any atom is 0.340 e. The van der Waals surface area contributed by atoms with E-state index >= 15 is 0 Å². The molecule has 1 aromatic heterocycles. The zero-order valence-electron chi connectivity index (χ0n) is 16.1. The molecule has 0 saturated heterocycles. The summed E-state index contributed by atoms with van der Waals surface area (Å²) in [6.45, 7) is 3.46. The number of aromatic nitrogens is 2. The lowest BCUT2D eigenvalue weighted by atomic mass is 10.0. The molecule has 0 aliphatic carbocycles. The van der Waals surface area contributed by atoms with E-state index in [2.05, 4.69) is 28.1 Å². The fraction of sp³-hybridized carbons (Fsp3) is 0.412.